The van der Waals surface area contributed by atoms with E-state index >= 15 is 0 Å². The van der Waals surface area contributed by atoms with Crippen molar-refractivity contribution in [3.05, 3.63) is 40.8 Å². The van der Waals surface area contributed by atoms with Gasteiger partial charge in [0.1, 0.15) is 23.5 Å². The minimum Gasteiger partial charge on any atom is -0.464 e. The summed E-state index contributed by atoms with van der Waals surface area (Å²) in [7, 11) is 0. The highest BCUT2D eigenvalue weighted by Crippen LogP contribution is 2.44. The van der Waals surface area contributed by atoms with Gasteiger partial charge in [0, 0.05) is 32.4 Å². The average Bonchev–Trinajstić information content (AvgIpc) is 2.74. The molecule has 1 aromatic carbocycles. The third-order valence-electron chi connectivity index (χ3n) is 4.95. The summed E-state index contributed by atoms with van der Waals surface area (Å²) in [6.45, 7) is 5.56. The fourth-order valence-electron chi connectivity index (χ4n) is 3.49. The lowest BCUT2D eigenvalue weighted by Crippen LogP contribution is -2.46. The van der Waals surface area contributed by atoms with Crippen LogP contribution in [0.15, 0.2) is 30.7 Å². The number of nitrogens with one attached hydrogen (secondary N) is 1. The number of nitrogens with two attached hydrogens (primary N) is 1. The third kappa shape index (κ3) is 4.61. The molecule has 0 unspecified atom stereocenters. The second kappa shape index (κ2) is 9.21. The number of likely N-dealkylation sites (N-methyl/N-ethyl adjacent to an activating group) is 1. The highest BCUT2D eigenvalue weighted by molar-refractivity contribution is 6.04. The van der Waals surface area contributed by atoms with E-state index in [0.29, 0.717) is 23.7 Å². The standard InChI is InChI=1S/C18H22N8O5/c1-2-23-7-9-24(10-8-23)12-3-4-13(16(26(30)31)15(12)22-17(19)27)25(18(28)29)14-5-6-20-11-21-14/h3-6,11H,2,7-10H2,1H3,(H,28,29)(H3,19,22,27). The van der Waals surface area contributed by atoms with Crippen LogP contribution in [-0.4, -0.2) is 69.7 Å². The number of carbonyl (C=O) groups excluding carboxylic acids is 1. The highest BCUT2D eigenvalue weighted by atomic mass is 16.6. The number of carbonyl (C=O) groups is 2. The molecule has 164 valence electrons. The van der Waals surface area contributed by atoms with Gasteiger partial charge in [-0.15, -0.1) is 0 Å². The lowest BCUT2D eigenvalue weighted by atomic mass is 10.1. The number of hydrogen-bond donors (Lipinski definition) is 3. The summed E-state index contributed by atoms with van der Waals surface area (Å²) in [6.07, 6.45) is 0.950. The number of nitrogens with zero attached hydrogens (tertiary/aromatic N) is 6. The van der Waals surface area contributed by atoms with Crippen molar-refractivity contribution in [2.45, 2.75) is 6.92 Å². The van der Waals surface area contributed by atoms with Crippen molar-refractivity contribution in [3.8, 4) is 0 Å². The Morgan fingerprint density at radius 1 is 1.29 bits per heavy atom. The van der Waals surface area contributed by atoms with Crippen LogP contribution in [-0.2, 0) is 0 Å². The number of primary amides is 1. The number of nitro groups is 1. The number of aromatic nitrogens is 2. The van der Waals surface area contributed by atoms with Gasteiger partial charge >= 0.3 is 17.8 Å². The van der Waals surface area contributed by atoms with E-state index in [2.05, 4.69) is 20.2 Å². The molecular formula is C18H22N8O5. The summed E-state index contributed by atoms with van der Waals surface area (Å²) in [5.41, 5.74) is 4.62. The Labute approximate surface area is 177 Å². The average molecular weight is 430 g/mol. The van der Waals surface area contributed by atoms with Gasteiger partial charge in [0.05, 0.1) is 10.6 Å². The number of rotatable bonds is 6. The van der Waals surface area contributed by atoms with E-state index in [-0.39, 0.29) is 17.2 Å². The van der Waals surface area contributed by atoms with Gasteiger partial charge in [-0.25, -0.2) is 24.5 Å². The van der Waals surface area contributed by atoms with Crippen LogP contribution in [0.25, 0.3) is 0 Å². The molecule has 0 atom stereocenters. The van der Waals surface area contributed by atoms with Crippen molar-refractivity contribution in [1.82, 2.24) is 14.9 Å². The molecule has 3 amide bonds. The van der Waals surface area contributed by atoms with Gasteiger partial charge in [0.25, 0.3) is 0 Å². The van der Waals surface area contributed by atoms with Gasteiger partial charge in [0.15, 0.2) is 0 Å². The fraction of sp³-hybridized carbons (Fsp3) is 0.333. The molecule has 0 saturated carbocycles. The van der Waals surface area contributed by atoms with Gasteiger partial charge in [-0.05, 0) is 24.7 Å². The SMILES string of the molecule is CCN1CCN(c2ccc(N(C(=O)O)c3ccncn3)c([N+](=O)[O-])c2NC(N)=O)CC1. The molecular weight excluding hydrogens is 408 g/mol. The van der Waals surface area contributed by atoms with Crippen LogP contribution in [0.5, 0.6) is 0 Å². The molecule has 1 saturated heterocycles. The topological polar surface area (TPSA) is 171 Å². The zero-order chi connectivity index (χ0) is 22.5. The van der Waals surface area contributed by atoms with Crippen molar-refractivity contribution >= 4 is 40.7 Å². The third-order valence-corrected chi connectivity index (χ3v) is 4.95. The maximum Gasteiger partial charge on any atom is 0.417 e. The first-order valence-corrected chi connectivity index (χ1v) is 9.47. The number of amides is 3. The summed E-state index contributed by atoms with van der Waals surface area (Å²) in [6, 6.07) is 3.16. The maximum atomic E-state index is 12.1. The Morgan fingerprint density at radius 3 is 2.52 bits per heavy atom. The molecule has 4 N–H and O–H groups in total. The van der Waals surface area contributed by atoms with Gasteiger partial charge in [-0.3, -0.25) is 10.1 Å². The first-order chi connectivity index (χ1) is 14.8. The minimum atomic E-state index is -1.49. The summed E-state index contributed by atoms with van der Waals surface area (Å²) < 4.78 is 0. The Kier molecular flexibility index (Phi) is 6.45. The maximum absolute atomic E-state index is 12.1. The van der Waals surface area contributed by atoms with Crippen molar-refractivity contribution < 1.29 is 19.6 Å². The summed E-state index contributed by atoms with van der Waals surface area (Å²) in [4.78, 5) is 47.3. The van der Waals surface area contributed by atoms with Crippen LogP contribution >= 0.6 is 0 Å². The van der Waals surface area contributed by atoms with Crippen molar-refractivity contribution in [2.75, 3.05) is 47.8 Å². The second-order valence-corrected chi connectivity index (χ2v) is 6.68. The van der Waals surface area contributed by atoms with Crippen molar-refractivity contribution in [3.63, 3.8) is 0 Å². The van der Waals surface area contributed by atoms with Crippen LogP contribution < -0.4 is 20.9 Å². The van der Waals surface area contributed by atoms with E-state index in [0.717, 1.165) is 26.0 Å². The predicted octanol–water partition coefficient (Wildman–Crippen LogP) is 1.83. The Balaban J connectivity index is 2.16. The van der Waals surface area contributed by atoms with E-state index in [1.54, 1.807) is 0 Å². The summed E-state index contributed by atoms with van der Waals surface area (Å²) >= 11 is 0. The molecule has 3 rings (SSSR count). The molecule has 1 fully saturated rings. The molecule has 13 heteroatoms. The number of urea groups is 1. The molecule has 1 aliphatic rings. The lowest BCUT2D eigenvalue weighted by molar-refractivity contribution is -0.383. The van der Waals surface area contributed by atoms with Gasteiger partial charge in [0.2, 0.25) is 0 Å². The number of benzene rings is 1. The normalized spacial score (nSPS) is 14.2. The van der Waals surface area contributed by atoms with Crippen molar-refractivity contribution in [2.24, 2.45) is 5.73 Å². The zero-order valence-corrected chi connectivity index (χ0v) is 16.8. The smallest absolute Gasteiger partial charge is 0.417 e. The van der Waals surface area contributed by atoms with Gasteiger partial charge in [-0.1, -0.05) is 6.92 Å². The highest BCUT2D eigenvalue weighted by Gasteiger charge is 2.33. The molecule has 0 spiro atoms. The fourth-order valence-corrected chi connectivity index (χ4v) is 3.49. The van der Waals surface area contributed by atoms with Crippen LogP contribution in [0, 0.1) is 10.1 Å². The number of hydrogen-bond acceptors (Lipinski definition) is 8. The monoisotopic (exact) mass is 430 g/mol. The van der Waals surface area contributed by atoms with Crippen LogP contribution in [0.4, 0.5) is 38.2 Å². The van der Waals surface area contributed by atoms with E-state index in [1.165, 1.54) is 24.4 Å². The van der Waals surface area contributed by atoms with Crippen LogP contribution in [0.3, 0.4) is 0 Å². The van der Waals surface area contributed by atoms with Gasteiger partial charge in [-0.2, -0.15) is 0 Å². The molecule has 31 heavy (non-hydrogen) atoms. The molecule has 0 bridgehead atoms. The lowest BCUT2D eigenvalue weighted by Gasteiger charge is -2.36. The molecule has 0 radical (unpaired) electrons. The molecule has 2 heterocycles. The molecule has 0 aliphatic carbocycles. The number of carboxylic acid groups (broad SMARTS) is 1. The van der Waals surface area contributed by atoms with Crippen molar-refractivity contribution in [1.29, 1.82) is 0 Å². The molecule has 13 nitrogen and oxygen atoms in total. The minimum absolute atomic E-state index is 0.0834. The second-order valence-electron chi connectivity index (χ2n) is 6.68. The largest absolute Gasteiger partial charge is 0.464 e. The van der Waals surface area contributed by atoms with E-state index in [4.69, 9.17) is 5.73 Å². The Hall–Kier alpha value is -4.00. The Morgan fingerprint density at radius 2 is 2.00 bits per heavy atom. The molecule has 2 aromatic rings. The van der Waals surface area contributed by atoms with E-state index < -0.39 is 22.7 Å². The number of anilines is 4. The van der Waals surface area contributed by atoms with E-state index in [9.17, 15) is 24.8 Å². The van der Waals surface area contributed by atoms with Crippen LogP contribution in [0.2, 0.25) is 0 Å². The summed E-state index contributed by atoms with van der Waals surface area (Å²) in [5, 5.41) is 24.1. The number of piperazine rings is 1. The van der Waals surface area contributed by atoms with Gasteiger partial charge < -0.3 is 26.0 Å². The molecule has 1 aliphatic heterocycles. The quantitative estimate of drug-likeness (QED) is 0.456. The summed E-state index contributed by atoms with van der Waals surface area (Å²) in [5.74, 6) is -0.0834. The zero-order valence-electron chi connectivity index (χ0n) is 16.8. The Bertz CT molecular complexity index is 978. The van der Waals surface area contributed by atoms with E-state index in [1.807, 2.05) is 11.8 Å². The first kappa shape index (κ1) is 21.7. The predicted molar refractivity (Wildman–Crippen MR) is 113 cm³/mol. The molecule has 1 aromatic heterocycles. The number of nitro benzene ring substituents is 1. The van der Waals surface area contributed by atoms with Crippen LogP contribution in [0.1, 0.15) is 6.92 Å². The first-order valence-electron chi connectivity index (χ1n) is 9.47.